The number of hydrogen-bond acceptors (Lipinski definition) is 8. The number of benzene rings is 1. The van der Waals surface area contributed by atoms with E-state index in [4.69, 9.17) is 0 Å². The number of aryl methyl sites for hydroxylation is 3. The van der Waals surface area contributed by atoms with Crippen molar-refractivity contribution in [2.24, 2.45) is 14.1 Å². The van der Waals surface area contributed by atoms with E-state index in [2.05, 4.69) is 40.9 Å². The normalized spacial score (nSPS) is 11.1. The molecule has 12 nitrogen and oxygen atoms in total. The number of H-pyrrole nitrogens is 1. The van der Waals surface area contributed by atoms with Gasteiger partial charge in [0.15, 0.2) is 17.3 Å². The zero-order valence-corrected chi connectivity index (χ0v) is 20.9. The molecule has 3 N–H and O–H groups in total. The molecule has 0 bridgehead atoms. The first-order chi connectivity index (χ1) is 17.8. The lowest BCUT2D eigenvalue weighted by molar-refractivity contribution is 0.0951. The topological polar surface area (TPSA) is 148 Å². The van der Waals surface area contributed by atoms with Crippen molar-refractivity contribution in [1.82, 2.24) is 44.8 Å². The fourth-order valence-corrected chi connectivity index (χ4v) is 4.29. The van der Waals surface area contributed by atoms with Gasteiger partial charge in [-0.1, -0.05) is 6.07 Å². The highest BCUT2D eigenvalue weighted by Gasteiger charge is 2.17. The van der Waals surface area contributed by atoms with Gasteiger partial charge in [0.2, 0.25) is 0 Å². The lowest BCUT2D eigenvalue weighted by Gasteiger charge is -2.12. The molecule has 1 amide bonds. The average molecular weight is 499 g/mol. The molecule has 0 aliphatic rings. The smallest absolute Gasteiger partial charge is 0.273 e. The van der Waals surface area contributed by atoms with Crippen molar-refractivity contribution in [3.63, 3.8) is 0 Å². The van der Waals surface area contributed by atoms with Crippen LogP contribution in [0.4, 0.5) is 5.69 Å². The van der Waals surface area contributed by atoms with Crippen LogP contribution >= 0.6 is 0 Å². The van der Waals surface area contributed by atoms with Gasteiger partial charge in [0.1, 0.15) is 12.0 Å². The van der Waals surface area contributed by atoms with Crippen molar-refractivity contribution in [3.8, 4) is 11.5 Å². The van der Waals surface area contributed by atoms with Gasteiger partial charge in [0.25, 0.3) is 11.5 Å². The number of aromatic amines is 1. The van der Waals surface area contributed by atoms with E-state index < -0.39 is 0 Å². The Balaban J connectivity index is 1.27. The van der Waals surface area contributed by atoms with Crippen molar-refractivity contribution >= 4 is 22.6 Å². The summed E-state index contributed by atoms with van der Waals surface area (Å²) >= 11 is 0. The number of pyridine rings is 1. The van der Waals surface area contributed by atoms with E-state index in [1.165, 1.54) is 6.33 Å². The van der Waals surface area contributed by atoms with E-state index >= 15 is 0 Å². The molecule has 0 spiro atoms. The molecule has 0 aliphatic carbocycles. The van der Waals surface area contributed by atoms with Gasteiger partial charge in [-0.2, -0.15) is 0 Å². The van der Waals surface area contributed by atoms with Crippen LogP contribution in [0.1, 0.15) is 33.0 Å². The predicted molar refractivity (Wildman–Crippen MR) is 138 cm³/mol. The first-order valence-corrected chi connectivity index (χ1v) is 11.6. The molecule has 0 unspecified atom stereocenters. The molecule has 0 atom stereocenters. The van der Waals surface area contributed by atoms with Crippen LogP contribution in [0.5, 0.6) is 0 Å². The number of carbonyl (C=O) groups excluding carboxylic acids is 1. The molecule has 0 saturated heterocycles. The minimum Gasteiger partial charge on any atom is -0.378 e. The number of anilines is 1. The van der Waals surface area contributed by atoms with E-state index in [0.29, 0.717) is 40.5 Å². The Morgan fingerprint density at radius 1 is 1.11 bits per heavy atom. The van der Waals surface area contributed by atoms with Crippen LogP contribution in [0.15, 0.2) is 47.7 Å². The Hall–Kier alpha value is -4.87. The number of aromatic nitrogens is 8. The molecule has 1 aromatic carbocycles. The maximum Gasteiger partial charge on any atom is 0.273 e. The molecule has 0 radical (unpaired) electrons. The molecule has 5 rings (SSSR count). The van der Waals surface area contributed by atoms with Crippen molar-refractivity contribution in [3.05, 3.63) is 81.4 Å². The van der Waals surface area contributed by atoms with Crippen LogP contribution in [0.3, 0.4) is 0 Å². The Labute approximate surface area is 211 Å². The van der Waals surface area contributed by atoms with E-state index in [9.17, 15) is 9.59 Å². The second-order valence-electron chi connectivity index (χ2n) is 8.71. The lowest BCUT2D eigenvalue weighted by atomic mass is 10.0. The summed E-state index contributed by atoms with van der Waals surface area (Å²) in [6, 6.07) is 9.00. The van der Waals surface area contributed by atoms with Gasteiger partial charge in [0, 0.05) is 43.8 Å². The second-order valence-corrected chi connectivity index (χ2v) is 8.71. The third kappa shape index (κ3) is 4.56. The van der Waals surface area contributed by atoms with Gasteiger partial charge in [-0.05, 0) is 49.2 Å². The largest absolute Gasteiger partial charge is 0.378 e. The number of fused-ring (bicyclic) bond motifs is 1. The van der Waals surface area contributed by atoms with Crippen LogP contribution in [0.2, 0.25) is 0 Å². The van der Waals surface area contributed by atoms with Crippen molar-refractivity contribution < 1.29 is 4.79 Å². The van der Waals surface area contributed by atoms with E-state index in [1.54, 1.807) is 36.1 Å². The Bertz CT molecular complexity index is 1670. The minimum atomic E-state index is -0.228. The number of hydrogen-bond donors (Lipinski definition) is 3. The molecule has 12 heteroatoms. The molecule has 5 aromatic rings. The summed E-state index contributed by atoms with van der Waals surface area (Å²) in [5.41, 5.74) is 4.77. The molecule has 0 saturated carbocycles. The molecule has 188 valence electrons. The summed E-state index contributed by atoms with van der Waals surface area (Å²) in [5, 5.41) is 18.0. The summed E-state index contributed by atoms with van der Waals surface area (Å²) in [7, 11) is 3.62. The number of amides is 1. The van der Waals surface area contributed by atoms with Crippen molar-refractivity contribution in [2.45, 2.75) is 26.9 Å². The maximum atomic E-state index is 12.9. The number of carbonyl (C=O) groups is 1. The molecule has 0 fully saturated rings. The van der Waals surface area contributed by atoms with Crippen LogP contribution in [-0.4, -0.2) is 45.4 Å². The molecular weight excluding hydrogens is 472 g/mol. The van der Waals surface area contributed by atoms with Crippen LogP contribution in [-0.2, 0) is 27.2 Å². The maximum absolute atomic E-state index is 12.9. The third-order valence-corrected chi connectivity index (χ3v) is 6.35. The van der Waals surface area contributed by atoms with Crippen LogP contribution in [0.25, 0.3) is 22.6 Å². The van der Waals surface area contributed by atoms with Crippen LogP contribution in [0, 0.1) is 13.8 Å². The summed E-state index contributed by atoms with van der Waals surface area (Å²) < 4.78 is 3.47. The number of nitrogens with one attached hydrogen (secondary N) is 3. The van der Waals surface area contributed by atoms with Gasteiger partial charge < -0.3 is 15.2 Å². The fraction of sp³-hybridized carbons (Fsp3) is 0.240. The lowest BCUT2D eigenvalue weighted by Crippen LogP contribution is -2.24. The average Bonchev–Trinajstić information content (AvgIpc) is 3.40. The van der Waals surface area contributed by atoms with Gasteiger partial charge >= 0.3 is 0 Å². The van der Waals surface area contributed by atoms with Crippen molar-refractivity contribution in [2.75, 3.05) is 5.32 Å². The van der Waals surface area contributed by atoms with Gasteiger partial charge in [-0.3, -0.25) is 19.4 Å². The van der Waals surface area contributed by atoms with Gasteiger partial charge in [-0.15, -0.1) is 10.2 Å². The standard InChI is InChI=1S/C25H26N10O2/c1-14-18(15(2)30-23-21(14)25(37)33-35(23)4)11-28-24(36)16-6-5-7-17(10-16)27-12-20-31-32-22(34(20)3)19-8-9-26-13-29-19/h5-10,13,27H,11-12H2,1-4H3,(H,28,36)(H,33,37). The van der Waals surface area contributed by atoms with E-state index in [1.807, 2.05) is 37.6 Å². The fourth-order valence-electron chi connectivity index (χ4n) is 4.29. The summed E-state index contributed by atoms with van der Waals surface area (Å²) in [6.07, 6.45) is 3.13. The van der Waals surface area contributed by atoms with E-state index in [0.717, 1.165) is 22.5 Å². The Morgan fingerprint density at radius 2 is 1.95 bits per heavy atom. The highest BCUT2D eigenvalue weighted by Crippen LogP contribution is 2.20. The highest BCUT2D eigenvalue weighted by atomic mass is 16.1. The molecule has 4 aromatic heterocycles. The second kappa shape index (κ2) is 9.64. The third-order valence-electron chi connectivity index (χ3n) is 6.35. The Kier molecular flexibility index (Phi) is 6.22. The van der Waals surface area contributed by atoms with Gasteiger partial charge in [-0.25, -0.2) is 15.0 Å². The highest BCUT2D eigenvalue weighted by molar-refractivity contribution is 5.95. The quantitative estimate of drug-likeness (QED) is 0.309. The first-order valence-electron chi connectivity index (χ1n) is 11.6. The number of nitrogens with zero attached hydrogens (tertiary/aromatic N) is 7. The minimum absolute atomic E-state index is 0.194. The van der Waals surface area contributed by atoms with Gasteiger partial charge in [0.05, 0.1) is 11.9 Å². The zero-order chi connectivity index (χ0) is 26.1. The molecule has 37 heavy (non-hydrogen) atoms. The molecule has 0 aliphatic heterocycles. The van der Waals surface area contributed by atoms with E-state index in [-0.39, 0.29) is 18.0 Å². The molecule has 4 heterocycles. The summed E-state index contributed by atoms with van der Waals surface area (Å²) in [6.45, 7) is 4.42. The monoisotopic (exact) mass is 498 g/mol. The van der Waals surface area contributed by atoms with Crippen LogP contribution < -0.4 is 16.2 Å². The summed E-state index contributed by atoms with van der Waals surface area (Å²) in [5.74, 6) is 1.13. The Morgan fingerprint density at radius 3 is 2.73 bits per heavy atom. The van der Waals surface area contributed by atoms with Crippen molar-refractivity contribution in [1.29, 1.82) is 0 Å². The zero-order valence-electron chi connectivity index (χ0n) is 20.9. The molecular formula is C25H26N10O2. The SMILES string of the molecule is Cc1nc2c(c(C)c1CNC(=O)c1cccc(NCc3nnc(-c4ccncn4)n3C)c1)c(=O)[nH]n2C. The first kappa shape index (κ1) is 23.9. The number of rotatable bonds is 7. The summed E-state index contributed by atoms with van der Waals surface area (Å²) in [4.78, 5) is 38.0. The predicted octanol–water partition coefficient (Wildman–Crippen LogP) is 2.01.